The number of nitrogens with zero attached hydrogens (tertiary/aromatic N) is 4. The lowest BCUT2D eigenvalue weighted by Gasteiger charge is -1.99. The van der Waals surface area contributed by atoms with Crippen LogP contribution in [0, 0.1) is 22.7 Å². The van der Waals surface area contributed by atoms with Crippen molar-refractivity contribution in [2.75, 3.05) is 0 Å². The molecule has 0 amide bonds. The fourth-order valence-electron chi connectivity index (χ4n) is 1.27. The van der Waals surface area contributed by atoms with Gasteiger partial charge in [-0.2, -0.15) is 10.5 Å². The zero-order valence-electron chi connectivity index (χ0n) is 7.71. The maximum absolute atomic E-state index is 8.89. The van der Waals surface area contributed by atoms with Crippen molar-refractivity contribution in [1.82, 2.24) is 9.55 Å². The van der Waals surface area contributed by atoms with E-state index in [1.54, 1.807) is 15.9 Å². The highest BCUT2D eigenvalue weighted by atomic mass is 32.1. The molecule has 0 aliphatic rings. The SMILES string of the molecule is N#Cc1ncn(Cc2cccs2)c1C#N. The molecule has 0 saturated carbocycles. The second-order valence-corrected chi connectivity index (χ2v) is 3.90. The molecule has 15 heavy (non-hydrogen) atoms. The number of aromatic nitrogens is 2. The second-order valence-electron chi connectivity index (χ2n) is 2.87. The van der Waals surface area contributed by atoms with Gasteiger partial charge in [0.2, 0.25) is 0 Å². The van der Waals surface area contributed by atoms with E-state index in [4.69, 9.17) is 10.5 Å². The van der Waals surface area contributed by atoms with Crippen molar-refractivity contribution < 1.29 is 0 Å². The molecule has 0 saturated heterocycles. The van der Waals surface area contributed by atoms with Crippen molar-refractivity contribution >= 4 is 11.3 Å². The third-order valence-electron chi connectivity index (χ3n) is 1.96. The Labute approximate surface area is 90.6 Å². The summed E-state index contributed by atoms with van der Waals surface area (Å²) in [6.07, 6.45) is 1.52. The van der Waals surface area contributed by atoms with E-state index in [2.05, 4.69) is 4.98 Å². The van der Waals surface area contributed by atoms with Gasteiger partial charge in [-0.25, -0.2) is 4.98 Å². The molecule has 5 heteroatoms. The number of thiophene rings is 1. The monoisotopic (exact) mass is 214 g/mol. The number of hydrogen-bond donors (Lipinski definition) is 0. The first-order valence-corrected chi connectivity index (χ1v) is 5.11. The molecule has 0 fully saturated rings. The molecule has 2 aromatic heterocycles. The Bertz CT molecular complexity index is 539. The van der Waals surface area contributed by atoms with Gasteiger partial charge in [-0.15, -0.1) is 11.3 Å². The van der Waals surface area contributed by atoms with Crippen LogP contribution in [0.3, 0.4) is 0 Å². The molecule has 0 aliphatic carbocycles. The fraction of sp³-hybridized carbons (Fsp3) is 0.100. The zero-order chi connectivity index (χ0) is 10.7. The first kappa shape index (κ1) is 9.45. The van der Waals surface area contributed by atoms with E-state index in [0.717, 1.165) is 4.88 Å². The Morgan fingerprint density at radius 2 is 2.27 bits per heavy atom. The molecule has 0 aromatic carbocycles. The summed E-state index contributed by atoms with van der Waals surface area (Å²) in [4.78, 5) is 5.00. The summed E-state index contributed by atoms with van der Waals surface area (Å²) in [7, 11) is 0. The van der Waals surface area contributed by atoms with Crippen LogP contribution < -0.4 is 0 Å². The van der Waals surface area contributed by atoms with Gasteiger partial charge in [-0.3, -0.25) is 0 Å². The lowest BCUT2D eigenvalue weighted by atomic mass is 10.3. The van der Waals surface area contributed by atoms with Crippen LogP contribution in [0.2, 0.25) is 0 Å². The summed E-state index contributed by atoms with van der Waals surface area (Å²) < 4.78 is 1.68. The molecule has 0 radical (unpaired) electrons. The van der Waals surface area contributed by atoms with Crippen LogP contribution in [-0.2, 0) is 6.54 Å². The smallest absolute Gasteiger partial charge is 0.176 e. The molecule has 72 valence electrons. The maximum atomic E-state index is 8.89. The predicted molar refractivity (Wildman–Crippen MR) is 55.1 cm³/mol. The predicted octanol–water partition coefficient (Wildman–Crippen LogP) is 1.74. The molecular weight excluding hydrogens is 208 g/mol. The molecule has 0 spiro atoms. The van der Waals surface area contributed by atoms with Gasteiger partial charge in [0.05, 0.1) is 12.9 Å². The Morgan fingerprint density at radius 3 is 2.87 bits per heavy atom. The van der Waals surface area contributed by atoms with E-state index in [0.29, 0.717) is 12.2 Å². The summed E-state index contributed by atoms with van der Waals surface area (Å²) in [5, 5.41) is 19.6. The molecule has 0 N–H and O–H groups in total. The molecule has 0 atom stereocenters. The van der Waals surface area contributed by atoms with Gasteiger partial charge in [-0.1, -0.05) is 6.07 Å². The van der Waals surface area contributed by atoms with Crippen molar-refractivity contribution in [3.63, 3.8) is 0 Å². The first-order chi connectivity index (χ1) is 7.35. The van der Waals surface area contributed by atoms with Crippen LogP contribution in [-0.4, -0.2) is 9.55 Å². The van der Waals surface area contributed by atoms with Crippen molar-refractivity contribution in [2.24, 2.45) is 0 Å². The van der Waals surface area contributed by atoms with Crippen LogP contribution >= 0.6 is 11.3 Å². The van der Waals surface area contributed by atoms with Gasteiger partial charge in [0, 0.05) is 4.88 Å². The standard InChI is InChI=1S/C10H6N4S/c11-4-9-10(5-12)14(7-13-9)6-8-2-1-3-15-8/h1-3,7H,6H2. The van der Waals surface area contributed by atoms with E-state index in [-0.39, 0.29) is 5.69 Å². The van der Waals surface area contributed by atoms with Gasteiger partial charge in [0.15, 0.2) is 11.4 Å². The maximum Gasteiger partial charge on any atom is 0.176 e. The third-order valence-corrected chi connectivity index (χ3v) is 2.82. The van der Waals surface area contributed by atoms with Crippen molar-refractivity contribution in [3.05, 3.63) is 40.1 Å². The van der Waals surface area contributed by atoms with Crippen molar-refractivity contribution in [1.29, 1.82) is 10.5 Å². The summed E-state index contributed by atoms with van der Waals surface area (Å²) in [5.41, 5.74) is 0.514. The Morgan fingerprint density at radius 1 is 1.40 bits per heavy atom. The zero-order valence-corrected chi connectivity index (χ0v) is 8.53. The van der Waals surface area contributed by atoms with Crippen LogP contribution in [0.15, 0.2) is 23.8 Å². The van der Waals surface area contributed by atoms with E-state index < -0.39 is 0 Å². The van der Waals surface area contributed by atoms with Crippen LogP contribution in [0.25, 0.3) is 0 Å². The normalized spacial score (nSPS) is 9.47. The van der Waals surface area contributed by atoms with E-state index in [1.807, 2.05) is 29.7 Å². The van der Waals surface area contributed by atoms with Crippen LogP contribution in [0.5, 0.6) is 0 Å². The van der Waals surface area contributed by atoms with Crippen LogP contribution in [0.4, 0.5) is 0 Å². The molecule has 2 heterocycles. The molecule has 0 aliphatic heterocycles. The van der Waals surface area contributed by atoms with Gasteiger partial charge in [0.1, 0.15) is 12.1 Å². The number of imidazole rings is 1. The van der Waals surface area contributed by atoms with E-state index in [9.17, 15) is 0 Å². The van der Waals surface area contributed by atoms with Gasteiger partial charge in [0.25, 0.3) is 0 Å². The highest BCUT2D eigenvalue weighted by Gasteiger charge is 2.09. The Hall–Kier alpha value is -2.11. The third kappa shape index (κ3) is 1.74. The Kier molecular flexibility index (Phi) is 2.49. The highest BCUT2D eigenvalue weighted by molar-refractivity contribution is 7.09. The topological polar surface area (TPSA) is 65.4 Å². The summed E-state index contributed by atoms with van der Waals surface area (Å²) in [6, 6.07) is 7.82. The van der Waals surface area contributed by atoms with Crippen LogP contribution in [0.1, 0.15) is 16.3 Å². The fourth-order valence-corrected chi connectivity index (χ4v) is 1.97. The summed E-state index contributed by atoms with van der Waals surface area (Å²) in [6.45, 7) is 0.592. The lowest BCUT2D eigenvalue weighted by Crippen LogP contribution is -1.99. The number of nitriles is 2. The molecule has 2 rings (SSSR count). The van der Waals surface area contributed by atoms with Gasteiger partial charge >= 0.3 is 0 Å². The quantitative estimate of drug-likeness (QED) is 0.764. The minimum Gasteiger partial charge on any atom is -0.316 e. The summed E-state index contributed by atoms with van der Waals surface area (Å²) >= 11 is 1.61. The summed E-state index contributed by atoms with van der Waals surface area (Å²) in [5.74, 6) is 0. The first-order valence-electron chi connectivity index (χ1n) is 4.23. The average Bonchev–Trinajstić information content (AvgIpc) is 2.87. The molecular formula is C10H6N4S. The number of rotatable bonds is 2. The van der Waals surface area contributed by atoms with Gasteiger partial charge < -0.3 is 4.57 Å². The Balaban J connectivity index is 2.35. The average molecular weight is 214 g/mol. The van der Waals surface area contributed by atoms with E-state index >= 15 is 0 Å². The molecule has 2 aromatic rings. The van der Waals surface area contributed by atoms with Gasteiger partial charge in [-0.05, 0) is 11.4 Å². The molecule has 0 unspecified atom stereocenters. The highest BCUT2D eigenvalue weighted by Crippen LogP contribution is 2.13. The van der Waals surface area contributed by atoms with E-state index in [1.165, 1.54) is 6.33 Å². The van der Waals surface area contributed by atoms with Crippen molar-refractivity contribution in [2.45, 2.75) is 6.54 Å². The molecule has 4 nitrogen and oxygen atoms in total. The minimum absolute atomic E-state index is 0.189. The second kappa shape index (κ2) is 3.95. The lowest BCUT2D eigenvalue weighted by molar-refractivity contribution is 0.797. The minimum atomic E-state index is 0.189. The molecule has 0 bridgehead atoms. The number of hydrogen-bond acceptors (Lipinski definition) is 4. The largest absolute Gasteiger partial charge is 0.316 e. The van der Waals surface area contributed by atoms with Crippen molar-refractivity contribution in [3.8, 4) is 12.1 Å².